The molecule has 51 heavy (non-hydrogen) atoms. The molecule has 4 rings (SSSR count). The van der Waals surface area contributed by atoms with Crippen LogP contribution in [-0.2, 0) is 33.8 Å². The van der Waals surface area contributed by atoms with Crippen molar-refractivity contribution in [2.75, 3.05) is 18.8 Å². The normalized spacial score (nSPS) is 29.0. The van der Waals surface area contributed by atoms with Gasteiger partial charge < -0.3 is 10.2 Å². The highest BCUT2D eigenvalue weighted by molar-refractivity contribution is 7.92. The first kappa shape index (κ1) is 41.4. The highest BCUT2D eigenvalue weighted by Crippen LogP contribution is 2.65. The molecule has 4 aliphatic rings. The van der Waals surface area contributed by atoms with E-state index in [0.717, 1.165) is 64.2 Å². The summed E-state index contributed by atoms with van der Waals surface area (Å²) in [5, 5.41) is 2.58. The van der Waals surface area contributed by atoms with Gasteiger partial charge in [-0.25, -0.2) is 8.42 Å². The number of fused-ring (bicyclic) bond motifs is 3. The number of Topliss-reactive ketones (excluding diaryl/α,β-unsaturated/α-hetero) is 3. The number of piperidine rings is 1. The summed E-state index contributed by atoms with van der Waals surface area (Å²) < 4.78 is 26.4. The van der Waals surface area contributed by atoms with Crippen LogP contribution in [0.25, 0.3) is 0 Å². The van der Waals surface area contributed by atoms with Gasteiger partial charge in [0.1, 0.15) is 5.78 Å². The molecule has 288 valence electrons. The summed E-state index contributed by atoms with van der Waals surface area (Å²) in [6, 6.07) is -0.680. The van der Waals surface area contributed by atoms with Gasteiger partial charge in [-0.05, 0) is 68.6 Å². The SMILES string of the molecule is C=CCNC(=O)C(=O)[C@@H]1CCCCCCCCC[C@H](CC(=O)CC2(CS(=O)(=O)C(C)(C)CC)CCCCC2)C(=O)N2C[C@H]3[C@@H]([C@H]2C(=O)C1)C3(C)C. The third-order valence-corrected chi connectivity index (χ3v) is 16.3. The molecule has 2 saturated carbocycles. The first-order chi connectivity index (χ1) is 24.0. The van der Waals surface area contributed by atoms with Gasteiger partial charge in [-0.2, -0.15) is 0 Å². The van der Waals surface area contributed by atoms with Crippen LogP contribution >= 0.6 is 0 Å². The highest BCUT2D eigenvalue weighted by Gasteiger charge is 2.69. The lowest BCUT2D eigenvalue weighted by Gasteiger charge is -2.39. The summed E-state index contributed by atoms with van der Waals surface area (Å²) in [6.07, 6.45) is 13.8. The Kier molecular flexibility index (Phi) is 14.0. The average molecular weight is 731 g/mol. The molecule has 9 nitrogen and oxygen atoms in total. The van der Waals surface area contributed by atoms with Crippen molar-refractivity contribution >= 4 is 39.0 Å². The maximum Gasteiger partial charge on any atom is 0.287 e. The summed E-state index contributed by atoms with van der Waals surface area (Å²) in [5.74, 6) is -2.86. The molecule has 0 radical (unpaired) electrons. The fraction of sp³-hybridized carbons (Fsp3) is 0.829. The Hall–Kier alpha value is -2.36. The second-order valence-corrected chi connectivity index (χ2v) is 20.3. The molecule has 2 heterocycles. The van der Waals surface area contributed by atoms with E-state index in [-0.39, 0.29) is 66.3 Å². The van der Waals surface area contributed by atoms with Crippen LogP contribution in [0.2, 0.25) is 0 Å². The number of nitrogens with one attached hydrogen (secondary N) is 1. The van der Waals surface area contributed by atoms with E-state index >= 15 is 0 Å². The van der Waals surface area contributed by atoms with Crippen molar-refractivity contribution in [2.24, 2.45) is 34.5 Å². The van der Waals surface area contributed by atoms with Gasteiger partial charge in [-0.15, -0.1) is 6.58 Å². The third-order valence-electron chi connectivity index (χ3n) is 13.4. The van der Waals surface area contributed by atoms with Gasteiger partial charge in [0, 0.05) is 44.2 Å². The van der Waals surface area contributed by atoms with Crippen molar-refractivity contribution in [3.8, 4) is 0 Å². The number of ketones is 3. The predicted octanol–water partition coefficient (Wildman–Crippen LogP) is 6.96. The Morgan fingerprint density at radius 1 is 0.941 bits per heavy atom. The number of nitrogens with zero attached hydrogens (tertiary/aromatic N) is 1. The minimum Gasteiger partial charge on any atom is -0.346 e. The molecule has 2 aliphatic heterocycles. The second kappa shape index (κ2) is 17.2. The Labute approximate surface area is 307 Å². The molecule has 2 amide bonds. The number of hydrogen-bond acceptors (Lipinski definition) is 7. The standard InChI is InChI=1S/C41H66N2O7S/c1-7-23-42-37(47)36(46)29-19-15-12-10-9-11-13-16-20-30(38(48)43-27-32-34(40(32,5)6)35(43)33(45)25-29)24-31(44)26-41(21-17-14-18-22-41)28-51(49,50)39(3,4)8-2/h7,29-30,32,34-35H,1,8-28H2,2-6H3,(H,42,47)/t29-,30-,32+,34+,35-/m1/s1. The lowest BCUT2D eigenvalue weighted by Crippen LogP contribution is -2.49. The number of sulfone groups is 1. The summed E-state index contributed by atoms with van der Waals surface area (Å²) in [5.41, 5.74) is -0.728. The number of amides is 2. The van der Waals surface area contributed by atoms with Crippen molar-refractivity contribution in [2.45, 2.75) is 161 Å². The molecule has 0 spiro atoms. The topological polar surface area (TPSA) is 135 Å². The fourth-order valence-electron chi connectivity index (χ4n) is 9.48. The Morgan fingerprint density at radius 2 is 1.53 bits per heavy atom. The molecule has 4 fully saturated rings. The fourth-order valence-corrected chi connectivity index (χ4v) is 11.5. The minimum atomic E-state index is -3.47. The lowest BCUT2D eigenvalue weighted by atomic mass is 9.71. The minimum absolute atomic E-state index is 0.00215. The zero-order chi connectivity index (χ0) is 37.6. The smallest absolute Gasteiger partial charge is 0.287 e. The molecule has 0 unspecified atom stereocenters. The highest BCUT2D eigenvalue weighted by atomic mass is 32.2. The van der Waals surface area contributed by atoms with E-state index < -0.39 is 49.6 Å². The maximum atomic E-state index is 14.6. The number of carbonyl (C=O) groups is 5. The van der Waals surface area contributed by atoms with Gasteiger partial charge >= 0.3 is 0 Å². The monoisotopic (exact) mass is 730 g/mol. The van der Waals surface area contributed by atoms with Gasteiger partial charge in [0.15, 0.2) is 15.6 Å². The average Bonchev–Trinajstić information content (AvgIpc) is 3.38. The molecule has 5 atom stereocenters. The number of carbonyl (C=O) groups excluding carboxylic acids is 5. The lowest BCUT2D eigenvalue weighted by molar-refractivity contribution is -0.146. The van der Waals surface area contributed by atoms with Crippen LogP contribution in [0.5, 0.6) is 0 Å². The molecule has 0 bridgehead atoms. The Morgan fingerprint density at radius 3 is 2.14 bits per heavy atom. The van der Waals surface area contributed by atoms with E-state index in [2.05, 4.69) is 25.7 Å². The van der Waals surface area contributed by atoms with Gasteiger partial charge in [-0.3, -0.25) is 24.0 Å². The summed E-state index contributed by atoms with van der Waals surface area (Å²) in [4.78, 5) is 70.7. The van der Waals surface area contributed by atoms with Gasteiger partial charge in [-0.1, -0.05) is 91.1 Å². The molecule has 2 saturated heterocycles. The van der Waals surface area contributed by atoms with Gasteiger partial charge in [0.25, 0.3) is 5.91 Å². The molecule has 10 heteroatoms. The van der Waals surface area contributed by atoms with Crippen molar-refractivity contribution in [1.29, 1.82) is 0 Å². The van der Waals surface area contributed by atoms with Crippen LogP contribution in [0.4, 0.5) is 0 Å². The summed E-state index contributed by atoms with van der Waals surface area (Å²) in [6.45, 7) is 13.9. The first-order valence-electron chi connectivity index (χ1n) is 20.0. The molecule has 0 aromatic heterocycles. The summed E-state index contributed by atoms with van der Waals surface area (Å²) in [7, 11) is -3.47. The van der Waals surface area contributed by atoms with Crippen LogP contribution in [-0.4, -0.2) is 72.1 Å². The Bertz CT molecular complexity index is 1410. The van der Waals surface area contributed by atoms with E-state index in [4.69, 9.17) is 0 Å². The van der Waals surface area contributed by atoms with Gasteiger partial charge in [0.05, 0.1) is 16.5 Å². The first-order valence-corrected chi connectivity index (χ1v) is 21.7. The van der Waals surface area contributed by atoms with E-state index in [0.29, 0.717) is 38.6 Å². The summed E-state index contributed by atoms with van der Waals surface area (Å²) >= 11 is 0. The van der Waals surface area contributed by atoms with Crippen LogP contribution in [0.3, 0.4) is 0 Å². The Balaban J connectivity index is 1.58. The largest absolute Gasteiger partial charge is 0.346 e. The maximum absolute atomic E-state index is 14.6. The molecule has 0 aromatic rings. The van der Waals surface area contributed by atoms with E-state index in [1.165, 1.54) is 6.08 Å². The quantitative estimate of drug-likeness (QED) is 0.170. The van der Waals surface area contributed by atoms with E-state index in [1.807, 2.05) is 6.92 Å². The molecule has 2 aliphatic carbocycles. The third kappa shape index (κ3) is 9.80. The molecular weight excluding hydrogens is 665 g/mol. The van der Waals surface area contributed by atoms with Crippen molar-refractivity contribution in [1.82, 2.24) is 10.2 Å². The van der Waals surface area contributed by atoms with Crippen molar-refractivity contribution < 1.29 is 32.4 Å². The van der Waals surface area contributed by atoms with Crippen molar-refractivity contribution in [3.05, 3.63) is 12.7 Å². The number of rotatable bonds is 12. The van der Waals surface area contributed by atoms with Crippen molar-refractivity contribution in [3.63, 3.8) is 0 Å². The second-order valence-electron chi connectivity index (χ2n) is 17.7. The molecule has 1 N–H and O–H groups in total. The predicted molar refractivity (Wildman–Crippen MR) is 201 cm³/mol. The van der Waals surface area contributed by atoms with Crippen LogP contribution in [0, 0.1) is 34.5 Å². The van der Waals surface area contributed by atoms with Crippen LogP contribution in [0.1, 0.15) is 150 Å². The molecular formula is C41H66N2O7S. The van der Waals surface area contributed by atoms with Crippen LogP contribution in [0.15, 0.2) is 12.7 Å². The van der Waals surface area contributed by atoms with Gasteiger partial charge in [0.2, 0.25) is 11.7 Å². The number of hydrogen-bond donors (Lipinski definition) is 1. The zero-order valence-corrected chi connectivity index (χ0v) is 33.1. The zero-order valence-electron chi connectivity index (χ0n) is 32.2. The van der Waals surface area contributed by atoms with Crippen LogP contribution < -0.4 is 5.32 Å². The van der Waals surface area contributed by atoms with E-state index in [9.17, 15) is 32.4 Å². The van der Waals surface area contributed by atoms with E-state index in [1.54, 1.807) is 18.7 Å². The molecule has 0 aromatic carbocycles.